The minimum atomic E-state index is 0.575. The van der Waals surface area contributed by atoms with Crippen molar-refractivity contribution in [2.75, 3.05) is 27.3 Å². The number of methoxy groups -OCH3 is 2. The highest BCUT2D eigenvalue weighted by molar-refractivity contribution is 9.10. The van der Waals surface area contributed by atoms with Crippen LogP contribution in [0.25, 0.3) is 0 Å². The summed E-state index contributed by atoms with van der Waals surface area (Å²) in [5.74, 6) is 3.04. The number of halogens is 1. The molecule has 1 N–H and O–H groups in total. The Morgan fingerprint density at radius 1 is 1.24 bits per heavy atom. The van der Waals surface area contributed by atoms with Gasteiger partial charge in [-0.25, -0.2) is 0 Å². The highest BCUT2D eigenvalue weighted by Gasteiger charge is 2.31. The van der Waals surface area contributed by atoms with Gasteiger partial charge in [0.2, 0.25) is 0 Å². The highest BCUT2D eigenvalue weighted by atomic mass is 79.9. The van der Waals surface area contributed by atoms with Crippen molar-refractivity contribution in [3.05, 3.63) is 22.2 Å². The Hall–Kier alpha value is -0.740. The van der Waals surface area contributed by atoms with Crippen molar-refractivity contribution in [1.29, 1.82) is 0 Å². The fraction of sp³-hybridized carbons (Fsp3) is 0.647. The largest absolute Gasteiger partial charge is 0.495 e. The summed E-state index contributed by atoms with van der Waals surface area (Å²) in [5.41, 5.74) is 1.31. The molecule has 1 aliphatic carbocycles. The number of benzene rings is 1. The third-order valence-corrected chi connectivity index (χ3v) is 5.16. The molecule has 2 rings (SSSR count). The first-order valence-corrected chi connectivity index (χ1v) is 8.63. The molecule has 0 bridgehead atoms. The predicted molar refractivity (Wildman–Crippen MR) is 90.5 cm³/mol. The van der Waals surface area contributed by atoms with Gasteiger partial charge < -0.3 is 14.8 Å². The van der Waals surface area contributed by atoms with Gasteiger partial charge >= 0.3 is 0 Å². The Kier molecular flexibility index (Phi) is 6.37. The number of nitrogens with one attached hydrogen (secondary N) is 1. The van der Waals surface area contributed by atoms with Gasteiger partial charge in [-0.15, -0.1) is 0 Å². The number of hydrogen-bond acceptors (Lipinski definition) is 3. The summed E-state index contributed by atoms with van der Waals surface area (Å²) in [4.78, 5) is 0. The molecule has 2 unspecified atom stereocenters. The normalized spacial score (nSPS) is 21.5. The molecule has 0 heterocycles. The molecular weight excluding hydrogens is 330 g/mol. The van der Waals surface area contributed by atoms with E-state index < -0.39 is 0 Å². The molecule has 2 atom stereocenters. The standard InChI is InChI=1S/C17H26BrNO2/c1-4-10-19-11-12-6-5-7-13(12)14-8-9-15(20-2)16(18)17(14)21-3/h8-9,12-13,19H,4-7,10-11H2,1-3H3. The van der Waals surface area contributed by atoms with Crippen LogP contribution in [0.4, 0.5) is 0 Å². The van der Waals surface area contributed by atoms with Crippen molar-refractivity contribution in [3.8, 4) is 11.5 Å². The molecule has 1 aromatic carbocycles. The molecule has 0 radical (unpaired) electrons. The SMILES string of the molecule is CCCNCC1CCCC1c1ccc(OC)c(Br)c1OC. The second-order valence-electron chi connectivity index (χ2n) is 5.71. The van der Waals surface area contributed by atoms with Crippen molar-refractivity contribution in [3.63, 3.8) is 0 Å². The van der Waals surface area contributed by atoms with E-state index in [0.717, 1.165) is 29.1 Å². The Bertz CT molecular complexity index is 464. The summed E-state index contributed by atoms with van der Waals surface area (Å²) >= 11 is 3.62. The lowest BCUT2D eigenvalue weighted by molar-refractivity contribution is 0.374. The van der Waals surface area contributed by atoms with E-state index in [9.17, 15) is 0 Å². The van der Waals surface area contributed by atoms with Crippen molar-refractivity contribution >= 4 is 15.9 Å². The number of ether oxygens (including phenoxy) is 2. The molecule has 0 aromatic heterocycles. The third kappa shape index (κ3) is 3.72. The fourth-order valence-electron chi connectivity index (χ4n) is 3.36. The van der Waals surface area contributed by atoms with Crippen LogP contribution in [0.2, 0.25) is 0 Å². The minimum Gasteiger partial charge on any atom is -0.495 e. The van der Waals surface area contributed by atoms with Crippen LogP contribution in [0, 0.1) is 5.92 Å². The van der Waals surface area contributed by atoms with Gasteiger partial charge in [-0.1, -0.05) is 19.4 Å². The van der Waals surface area contributed by atoms with Gasteiger partial charge in [0.15, 0.2) is 0 Å². The molecule has 0 saturated heterocycles. The Labute approximate surface area is 136 Å². The average molecular weight is 356 g/mol. The summed E-state index contributed by atoms with van der Waals surface area (Å²) in [5, 5.41) is 3.57. The monoisotopic (exact) mass is 355 g/mol. The molecule has 0 amide bonds. The molecule has 4 heteroatoms. The average Bonchev–Trinajstić information content (AvgIpc) is 2.95. The van der Waals surface area contributed by atoms with Crippen molar-refractivity contribution in [2.24, 2.45) is 5.92 Å². The Balaban J connectivity index is 2.21. The van der Waals surface area contributed by atoms with Gasteiger partial charge in [0.25, 0.3) is 0 Å². The van der Waals surface area contributed by atoms with Crippen molar-refractivity contribution < 1.29 is 9.47 Å². The first-order valence-electron chi connectivity index (χ1n) is 7.84. The summed E-state index contributed by atoms with van der Waals surface area (Å²) in [6, 6.07) is 4.21. The Morgan fingerprint density at radius 2 is 2.05 bits per heavy atom. The molecule has 0 spiro atoms. The molecule has 1 saturated carbocycles. The molecular formula is C17H26BrNO2. The topological polar surface area (TPSA) is 30.5 Å². The summed E-state index contributed by atoms with van der Waals surface area (Å²) < 4.78 is 12.0. The van der Waals surface area contributed by atoms with Crippen LogP contribution in [0.15, 0.2) is 16.6 Å². The van der Waals surface area contributed by atoms with Crippen molar-refractivity contribution in [2.45, 2.75) is 38.5 Å². The second kappa shape index (κ2) is 8.04. The summed E-state index contributed by atoms with van der Waals surface area (Å²) in [6.45, 7) is 4.42. The fourth-order valence-corrected chi connectivity index (χ4v) is 4.05. The van der Waals surface area contributed by atoms with E-state index in [4.69, 9.17) is 9.47 Å². The molecule has 21 heavy (non-hydrogen) atoms. The lowest BCUT2D eigenvalue weighted by Crippen LogP contribution is -2.25. The molecule has 1 aromatic rings. The summed E-state index contributed by atoms with van der Waals surface area (Å²) in [6.07, 6.45) is 5.03. The van der Waals surface area contributed by atoms with Crippen LogP contribution in [-0.2, 0) is 0 Å². The van der Waals surface area contributed by atoms with Gasteiger partial charge in [-0.2, -0.15) is 0 Å². The van der Waals surface area contributed by atoms with Gasteiger partial charge in [0, 0.05) is 0 Å². The maximum absolute atomic E-state index is 5.66. The minimum absolute atomic E-state index is 0.575. The molecule has 118 valence electrons. The van der Waals surface area contributed by atoms with Gasteiger partial charge in [0.1, 0.15) is 16.0 Å². The lowest BCUT2D eigenvalue weighted by atomic mass is 9.88. The maximum Gasteiger partial charge on any atom is 0.140 e. The van der Waals surface area contributed by atoms with Gasteiger partial charge in [-0.3, -0.25) is 0 Å². The quantitative estimate of drug-likeness (QED) is 0.737. The first-order chi connectivity index (χ1) is 10.2. The zero-order valence-electron chi connectivity index (χ0n) is 13.2. The van der Waals surface area contributed by atoms with Crippen LogP contribution in [0.3, 0.4) is 0 Å². The number of hydrogen-bond donors (Lipinski definition) is 1. The van der Waals surface area contributed by atoms with Crippen LogP contribution in [0.1, 0.15) is 44.1 Å². The van der Waals surface area contributed by atoms with Gasteiger partial charge in [0.05, 0.1) is 14.2 Å². The summed E-state index contributed by atoms with van der Waals surface area (Å²) in [7, 11) is 3.43. The third-order valence-electron chi connectivity index (χ3n) is 4.41. The van der Waals surface area contributed by atoms with E-state index in [-0.39, 0.29) is 0 Å². The highest BCUT2D eigenvalue weighted by Crippen LogP contribution is 2.47. The van der Waals surface area contributed by atoms with Crippen LogP contribution in [-0.4, -0.2) is 27.3 Å². The molecule has 0 aliphatic heterocycles. The first kappa shape index (κ1) is 16.6. The van der Waals surface area contributed by atoms with E-state index in [1.54, 1.807) is 14.2 Å². The van der Waals surface area contributed by atoms with Crippen LogP contribution in [0.5, 0.6) is 11.5 Å². The zero-order valence-corrected chi connectivity index (χ0v) is 14.8. The van der Waals surface area contributed by atoms with Gasteiger partial charge in [-0.05, 0) is 71.7 Å². The molecule has 1 aliphatic rings. The predicted octanol–water partition coefficient (Wildman–Crippen LogP) is 4.35. The van der Waals surface area contributed by atoms with E-state index in [1.165, 1.54) is 31.2 Å². The molecule has 3 nitrogen and oxygen atoms in total. The second-order valence-corrected chi connectivity index (χ2v) is 6.50. The zero-order chi connectivity index (χ0) is 15.2. The lowest BCUT2D eigenvalue weighted by Gasteiger charge is -2.23. The van der Waals surface area contributed by atoms with E-state index in [1.807, 2.05) is 6.07 Å². The number of rotatable bonds is 7. The van der Waals surface area contributed by atoms with Crippen LogP contribution < -0.4 is 14.8 Å². The van der Waals surface area contributed by atoms with E-state index in [0.29, 0.717) is 11.8 Å². The van der Waals surface area contributed by atoms with Crippen LogP contribution >= 0.6 is 15.9 Å². The molecule has 1 fully saturated rings. The maximum atomic E-state index is 5.66. The van der Waals surface area contributed by atoms with E-state index >= 15 is 0 Å². The van der Waals surface area contributed by atoms with E-state index in [2.05, 4.69) is 34.2 Å². The smallest absolute Gasteiger partial charge is 0.140 e. The van der Waals surface area contributed by atoms with Crippen molar-refractivity contribution in [1.82, 2.24) is 5.32 Å². The Morgan fingerprint density at radius 3 is 2.71 bits per heavy atom.